The van der Waals surface area contributed by atoms with E-state index >= 15 is 0 Å². The van der Waals surface area contributed by atoms with Crippen LogP contribution in [0.4, 0.5) is 15.8 Å². The van der Waals surface area contributed by atoms with Gasteiger partial charge in [-0.25, -0.2) is 4.39 Å². The highest BCUT2D eigenvalue weighted by Gasteiger charge is 2.04. The van der Waals surface area contributed by atoms with Gasteiger partial charge in [0.05, 0.1) is 5.69 Å². The molecule has 1 rings (SSSR count). The minimum Gasteiger partial charge on any atom is -0.381 e. The average Bonchev–Trinajstić information content (AvgIpc) is 2.08. The Morgan fingerprint density at radius 1 is 1.46 bits per heavy atom. The Bertz CT molecular complexity index is 312. The predicted molar refractivity (Wildman–Crippen MR) is 50.6 cm³/mol. The highest BCUT2D eigenvalue weighted by atomic mass is 19.1. The van der Waals surface area contributed by atoms with Crippen molar-refractivity contribution in [2.45, 2.75) is 19.9 Å². The lowest BCUT2D eigenvalue weighted by Gasteiger charge is -2.10. The van der Waals surface area contributed by atoms with E-state index in [1.54, 1.807) is 0 Å². The molecule has 1 N–H and O–H groups in total. The highest BCUT2D eigenvalue weighted by molar-refractivity contribution is 5.52. The number of rotatable bonds is 3. The molecule has 0 atom stereocenters. The van der Waals surface area contributed by atoms with Crippen LogP contribution >= 0.6 is 0 Å². The van der Waals surface area contributed by atoms with Gasteiger partial charge in [-0.3, -0.25) is 0 Å². The molecule has 70 valence electrons. The van der Waals surface area contributed by atoms with E-state index in [0.29, 0.717) is 5.69 Å². The van der Waals surface area contributed by atoms with Crippen molar-refractivity contribution in [3.05, 3.63) is 28.9 Å². The van der Waals surface area contributed by atoms with E-state index in [4.69, 9.17) is 0 Å². The minimum absolute atomic E-state index is 0.104. The van der Waals surface area contributed by atoms with Gasteiger partial charge in [-0.1, -0.05) is 0 Å². The maximum atomic E-state index is 13.1. The molecule has 0 fully saturated rings. The van der Waals surface area contributed by atoms with Gasteiger partial charge in [-0.05, 0) is 31.2 Å². The molecule has 13 heavy (non-hydrogen) atoms. The van der Waals surface area contributed by atoms with Gasteiger partial charge in [0.1, 0.15) is 11.5 Å². The molecule has 1 aromatic carbocycles. The number of hydrogen-bond acceptors (Lipinski definition) is 3. The zero-order valence-corrected chi connectivity index (χ0v) is 7.54. The number of halogens is 1. The summed E-state index contributed by atoms with van der Waals surface area (Å²) >= 11 is 0. The summed E-state index contributed by atoms with van der Waals surface area (Å²) in [6, 6.07) is 4.24. The first-order chi connectivity index (χ1) is 6.13. The van der Waals surface area contributed by atoms with Crippen LogP contribution in [0.25, 0.3) is 0 Å². The Morgan fingerprint density at radius 3 is 2.62 bits per heavy atom. The Balaban J connectivity index is 2.91. The molecule has 0 aliphatic rings. The number of nitroso groups, excluding NO2 is 1. The Labute approximate surface area is 75.9 Å². The molecule has 0 saturated heterocycles. The number of nitrogens with zero attached hydrogens (tertiary/aromatic N) is 1. The summed E-state index contributed by atoms with van der Waals surface area (Å²) < 4.78 is 13.1. The molecule has 0 aliphatic carbocycles. The van der Waals surface area contributed by atoms with E-state index in [1.165, 1.54) is 12.1 Å². The second-order valence-corrected chi connectivity index (χ2v) is 3.05. The van der Waals surface area contributed by atoms with Crippen molar-refractivity contribution in [3.8, 4) is 0 Å². The third-order valence-electron chi connectivity index (χ3n) is 1.50. The summed E-state index contributed by atoms with van der Waals surface area (Å²) in [6.45, 7) is 3.82. The van der Waals surface area contributed by atoms with E-state index in [0.717, 1.165) is 6.07 Å². The first-order valence-corrected chi connectivity index (χ1v) is 4.03. The lowest BCUT2D eigenvalue weighted by atomic mass is 10.2. The predicted octanol–water partition coefficient (Wildman–Crippen LogP) is 3.04. The molecule has 0 aliphatic heterocycles. The van der Waals surface area contributed by atoms with Crippen LogP contribution < -0.4 is 5.32 Å². The molecule has 0 unspecified atom stereocenters. The van der Waals surface area contributed by atoms with Gasteiger partial charge in [0.15, 0.2) is 0 Å². The summed E-state index contributed by atoms with van der Waals surface area (Å²) in [5.41, 5.74) is 0.495. The van der Waals surface area contributed by atoms with Crippen LogP contribution in [0.5, 0.6) is 0 Å². The second-order valence-electron chi connectivity index (χ2n) is 3.05. The zero-order chi connectivity index (χ0) is 9.84. The van der Waals surface area contributed by atoms with Crippen LogP contribution in [0.3, 0.4) is 0 Å². The first kappa shape index (κ1) is 9.64. The number of hydrogen-bond donors (Lipinski definition) is 1. The molecule has 3 nitrogen and oxygen atoms in total. The third-order valence-corrected chi connectivity index (χ3v) is 1.50. The van der Waals surface area contributed by atoms with Crippen LogP contribution in [-0.4, -0.2) is 6.04 Å². The van der Waals surface area contributed by atoms with Crippen molar-refractivity contribution in [1.82, 2.24) is 0 Å². The Kier molecular flexibility index (Phi) is 2.95. The van der Waals surface area contributed by atoms with Crippen molar-refractivity contribution >= 4 is 11.4 Å². The molecular weight excluding hydrogens is 171 g/mol. The smallest absolute Gasteiger partial charge is 0.148 e. The minimum atomic E-state index is -0.453. The molecule has 0 amide bonds. The van der Waals surface area contributed by atoms with Crippen molar-refractivity contribution in [3.63, 3.8) is 0 Å². The van der Waals surface area contributed by atoms with Crippen LogP contribution in [0.2, 0.25) is 0 Å². The molecule has 1 aromatic rings. The lowest BCUT2D eigenvalue weighted by Crippen LogP contribution is -2.10. The van der Waals surface area contributed by atoms with Crippen LogP contribution in [0, 0.1) is 10.7 Å². The Hall–Kier alpha value is -1.45. The monoisotopic (exact) mass is 182 g/mol. The summed E-state index contributed by atoms with van der Waals surface area (Å²) in [7, 11) is 0. The van der Waals surface area contributed by atoms with Gasteiger partial charge in [0.25, 0.3) is 0 Å². The fourth-order valence-corrected chi connectivity index (χ4v) is 0.989. The van der Waals surface area contributed by atoms with Crippen LogP contribution in [0.15, 0.2) is 23.4 Å². The van der Waals surface area contributed by atoms with Gasteiger partial charge < -0.3 is 5.32 Å². The number of benzene rings is 1. The molecule has 0 radical (unpaired) electrons. The molecule has 0 aromatic heterocycles. The summed E-state index contributed by atoms with van der Waals surface area (Å²) in [5, 5.41) is 5.54. The molecule has 0 heterocycles. The molecule has 0 bridgehead atoms. The standard InChI is InChI=1S/C9H11FN2O/c1-6(2)11-9-4-3-7(12-13)5-8(9)10/h3-6,11H,1-2H3. The zero-order valence-electron chi connectivity index (χ0n) is 7.54. The Morgan fingerprint density at radius 2 is 2.15 bits per heavy atom. The fraction of sp³-hybridized carbons (Fsp3) is 0.333. The quantitative estimate of drug-likeness (QED) is 0.730. The van der Waals surface area contributed by atoms with Crippen molar-refractivity contribution in [2.75, 3.05) is 5.32 Å². The molecular formula is C9H11FN2O. The van der Waals surface area contributed by atoms with Crippen molar-refractivity contribution in [2.24, 2.45) is 5.18 Å². The molecule has 0 saturated carbocycles. The lowest BCUT2D eigenvalue weighted by molar-refractivity contribution is 0.628. The largest absolute Gasteiger partial charge is 0.381 e. The maximum Gasteiger partial charge on any atom is 0.148 e. The van der Waals surface area contributed by atoms with E-state index in [1.807, 2.05) is 13.8 Å². The highest BCUT2D eigenvalue weighted by Crippen LogP contribution is 2.21. The normalized spacial score (nSPS) is 10.2. The SMILES string of the molecule is CC(C)Nc1ccc(N=O)cc1F. The van der Waals surface area contributed by atoms with E-state index in [2.05, 4.69) is 10.5 Å². The molecule has 0 spiro atoms. The topological polar surface area (TPSA) is 41.5 Å². The summed E-state index contributed by atoms with van der Waals surface area (Å²) in [5.74, 6) is -0.453. The molecule has 4 heteroatoms. The third kappa shape index (κ3) is 2.50. The van der Waals surface area contributed by atoms with Gasteiger partial charge in [0, 0.05) is 12.1 Å². The maximum absolute atomic E-state index is 13.1. The second kappa shape index (κ2) is 3.98. The van der Waals surface area contributed by atoms with Crippen molar-refractivity contribution < 1.29 is 4.39 Å². The van der Waals surface area contributed by atoms with Gasteiger partial charge in [-0.2, -0.15) is 0 Å². The first-order valence-electron chi connectivity index (χ1n) is 4.03. The fourth-order valence-electron chi connectivity index (χ4n) is 0.989. The van der Waals surface area contributed by atoms with E-state index < -0.39 is 5.82 Å². The number of anilines is 1. The van der Waals surface area contributed by atoms with E-state index in [9.17, 15) is 9.30 Å². The van der Waals surface area contributed by atoms with Gasteiger partial charge in [-0.15, -0.1) is 4.91 Å². The van der Waals surface area contributed by atoms with Crippen LogP contribution in [0.1, 0.15) is 13.8 Å². The van der Waals surface area contributed by atoms with Gasteiger partial charge >= 0.3 is 0 Å². The summed E-state index contributed by atoms with van der Waals surface area (Å²) in [6.07, 6.45) is 0. The van der Waals surface area contributed by atoms with Gasteiger partial charge in [0.2, 0.25) is 0 Å². The average molecular weight is 182 g/mol. The van der Waals surface area contributed by atoms with Crippen molar-refractivity contribution in [1.29, 1.82) is 0 Å². The summed E-state index contributed by atoms with van der Waals surface area (Å²) in [4.78, 5) is 10.1. The number of nitrogens with one attached hydrogen (secondary N) is 1. The van der Waals surface area contributed by atoms with E-state index in [-0.39, 0.29) is 11.7 Å². The van der Waals surface area contributed by atoms with Crippen LogP contribution in [-0.2, 0) is 0 Å².